The van der Waals surface area contributed by atoms with E-state index in [9.17, 15) is 13.2 Å². The Bertz CT molecular complexity index is 948. The van der Waals surface area contributed by atoms with Crippen molar-refractivity contribution in [1.29, 1.82) is 0 Å². The quantitative estimate of drug-likeness (QED) is 0.726. The Hall–Kier alpha value is -2.22. The summed E-state index contributed by atoms with van der Waals surface area (Å²) < 4.78 is 29.6. The van der Waals surface area contributed by atoms with Crippen LogP contribution in [0.5, 0.6) is 0 Å². The van der Waals surface area contributed by atoms with Gasteiger partial charge in [0.15, 0.2) is 0 Å². The van der Waals surface area contributed by atoms with Gasteiger partial charge in [0.05, 0.1) is 10.4 Å². The van der Waals surface area contributed by atoms with Crippen molar-refractivity contribution in [2.24, 2.45) is 5.92 Å². The molecule has 2 fully saturated rings. The first-order valence-corrected chi connectivity index (χ1v) is 11.8. The summed E-state index contributed by atoms with van der Waals surface area (Å²) >= 11 is 0. The normalized spacial score (nSPS) is 18.1. The second-order valence-electron chi connectivity index (χ2n) is 8.11. The van der Waals surface area contributed by atoms with E-state index in [0.717, 1.165) is 44.3 Å². The summed E-state index contributed by atoms with van der Waals surface area (Å²) in [6.45, 7) is 3.81. The van der Waals surface area contributed by atoms with Gasteiger partial charge in [-0.25, -0.2) is 0 Å². The second-order valence-corrected chi connectivity index (χ2v) is 9.53. The highest BCUT2D eigenvalue weighted by atomic mass is 32.2. The van der Waals surface area contributed by atoms with Crippen molar-refractivity contribution in [1.82, 2.24) is 10.2 Å². The maximum Gasteiger partial charge on any atom is 0.294 e. The Labute approximate surface area is 179 Å². The van der Waals surface area contributed by atoms with Crippen LogP contribution in [0.25, 0.3) is 0 Å². The molecular weight excluding hydrogens is 400 g/mol. The average molecular weight is 431 g/mol. The van der Waals surface area contributed by atoms with Crippen LogP contribution in [0.1, 0.15) is 36.8 Å². The van der Waals surface area contributed by atoms with Gasteiger partial charge in [-0.2, -0.15) is 8.42 Å². The molecule has 6 nitrogen and oxygen atoms in total. The van der Waals surface area contributed by atoms with Gasteiger partial charge in [-0.1, -0.05) is 48.0 Å². The largest absolute Gasteiger partial charge is 0.336 e. The standard InChI is InChI=1S/C16H22N2O.C7H8O3S/c1-18(15(19)13-7-8-13)16(9-11-17-12-10-16)14-5-3-2-4-6-14;1-6-2-4-7(5-3-6)11(8,9)10/h2-6,13,17H,7-12H2,1H3;2-5H,1H3,(H,8,9,10). The minimum atomic E-state index is -4.02. The van der Waals surface area contributed by atoms with Gasteiger partial charge < -0.3 is 10.2 Å². The third-order valence-corrected chi connectivity index (χ3v) is 6.83. The molecule has 4 rings (SSSR count). The first-order chi connectivity index (χ1) is 14.2. The van der Waals surface area contributed by atoms with E-state index in [0.29, 0.717) is 11.8 Å². The summed E-state index contributed by atoms with van der Waals surface area (Å²) in [5.74, 6) is 0.631. The van der Waals surface area contributed by atoms with Crippen LogP contribution in [0, 0.1) is 12.8 Å². The third kappa shape index (κ3) is 5.28. The maximum atomic E-state index is 12.5. The molecule has 1 amide bonds. The van der Waals surface area contributed by atoms with E-state index in [-0.39, 0.29) is 10.4 Å². The van der Waals surface area contributed by atoms with E-state index in [2.05, 4.69) is 29.6 Å². The topological polar surface area (TPSA) is 86.7 Å². The predicted octanol–water partition coefficient (Wildman–Crippen LogP) is 3.38. The molecule has 30 heavy (non-hydrogen) atoms. The number of rotatable bonds is 4. The maximum absolute atomic E-state index is 12.5. The van der Waals surface area contributed by atoms with Crippen LogP contribution in [-0.2, 0) is 20.5 Å². The van der Waals surface area contributed by atoms with Crippen LogP contribution in [0.3, 0.4) is 0 Å². The lowest BCUT2D eigenvalue weighted by molar-refractivity contribution is -0.138. The van der Waals surface area contributed by atoms with Gasteiger partial charge in [-0.05, 0) is 63.4 Å². The Morgan fingerprint density at radius 3 is 2.10 bits per heavy atom. The van der Waals surface area contributed by atoms with Crippen LogP contribution >= 0.6 is 0 Å². The molecule has 0 atom stereocenters. The molecule has 1 aliphatic heterocycles. The highest BCUT2D eigenvalue weighted by Crippen LogP contribution is 2.40. The fraction of sp³-hybridized carbons (Fsp3) is 0.435. The molecule has 162 valence electrons. The van der Waals surface area contributed by atoms with Gasteiger partial charge in [0, 0.05) is 13.0 Å². The molecule has 2 aromatic carbocycles. The smallest absolute Gasteiger partial charge is 0.294 e. The van der Waals surface area contributed by atoms with Gasteiger partial charge >= 0.3 is 0 Å². The van der Waals surface area contributed by atoms with Crippen LogP contribution < -0.4 is 5.32 Å². The van der Waals surface area contributed by atoms with Crippen molar-refractivity contribution in [2.75, 3.05) is 20.1 Å². The van der Waals surface area contributed by atoms with Crippen LogP contribution in [0.4, 0.5) is 0 Å². The Kier molecular flexibility index (Phi) is 6.95. The molecule has 7 heteroatoms. The molecule has 2 aromatic rings. The Morgan fingerprint density at radius 2 is 1.60 bits per heavy atom. The molecule has 0 radical (unpaired) electrons. The van der Waals surface area contributed by atoms with Crippen LogP contribution in [0.15, 0.2) is 59.5 Å². The summed E-state index contributed by atoms with van der Waals surface area (Å²) in [6.07, 6.45) is 4.16. The van der Waals surface area contributed by atoms with Crippen molar-refractivity contribution >= 4 is 16.0 Å². The molecule has 0 spiro atoms. The van der Waals surface area contributed by atoms with E-state index in [1.807, 2.05) is 24.9 Å². The fourth-order valence-corrected chi connectivity index (χ4v) is 4.41. The van der Waals surface area contributed by atoms with Crippen molar-refractivity contribution in [3.05, 3.63) is 65.7 Å². The summed E-state index contributed by atoms with van der Waals surface area (Å²) in [6, 6.07) is 16.5. The van der Waals surface area contributed by atoms with Gasteiger partial charge in [0.25, 0.3) is 10.1 Å². The minimum absolute atomic E-state index is 0.0666. The van der Waals surface area contributed by atoms with Gasteiger partial charge in [0.2, 0.25) is 5.91 Å². The number of amides is 1. The van der Waals surface area contributed by atoms with E-state index in [1.54, 1.807) is 12.1 Å². The molecule has 1 heterocycles. The first kappa shape index (κ1) is 22.5. The zero-order valence-electron chi connectivity index (χ0n) is 17.5. The molecular formula is C23H30N2O4S. The Balaban J connectivity index is 0.000000199. The van der Waals surface area contributed by atoms with E-state index in [1.165, 1.54) is 17.7 Å². The number of benzene rings is 2. The summed E-state index contributed by atoms with van der Waals surface area (Å²) in [4.78, 5) is 14.5. The first-order valence-electron chi connectivity index (χ1n) is 10.3. The monoisotopic (exact) mass is 430 g/mol. The second kappa shape index (κ2) is 9.29. The number of carbonyl (C=O) groups excluding carboxylic acids is 1. The Morgan fingerprint density at radius 1 is 1.03 bits per heavy atom. The highest BCUT2D eigenvalue weighted by molar-refractivity contribution is 7.85. The zero-order chi connectivity index (χ0) is 21.8. The van der Waals surface area contributed by atoms with Crippen LogP contribution in [-0.4, -0.2) is 43.9 Å². The highest BCUT2D eigenvalue weighted by Gasteiger charge is 2.44. The van der Waals surface area contributed by atoms with Gasteiger partial charge in [-0.15, -0.1) is 0 Å². The van der Waals surface area contributed by atoms with Crippen LogP contribution in [0.2, 0.25) is 0 Å². The molecule has 0 bridgehead atoms. The summed E-state index contributed by atoms with van der Waals surface area (Å²) in [7, 11) is -2.02. The molecule has 0 unspecified atom stereocenters. The number of aryl methyl sites for hydroxylation is 1. The molecule has 1 saturated heterocycles. The number of nitrogens with one attached hydrogen (secondary N) is 1. The van der Waals surface area contributed by atoms with Gasteiger partial charge in [0.1, 0.15) is 0 Å². The molecule has 1 saturated carbocycles. The number of hydrogen-bond donors (Lipinski definition) is 2. The molecule has 1 aliphatic carbocycles. The lowest BCUT2D eigenvalue weighted by Gasteiger charge is -2.45. The molecule has 2 aliphatic rings. The average Bonchev–Trinajstić information content (AvgIpc) is 3.59. The number of hydrogen-bond acceptors (Lipinski definition) is 4. The van der Waals surface area contributed by atoms with Gasteiger partial charge in [-0.3, -0.25) is 9.35 Å². The van der Waals surface area contributed by atoms with Crippen molar-refractivity contribution in [2.45, 2.75) is 43.0 Å². The lowest BCUT2D eigenvalue weighted by Crippen LogP contribution is -2.53. The van der Waals surface area contributed by atoms with Crippen molar-refractivity contribution < 1.29 is 17.8 Å². The summed E-state index contributed by atoms with van der Waals surface area (Å²) in [5, 5.41) is 3.41. The minimum Gasteiger partial charge on any atom is -0.336 e. The van der Waals surface area contributed by atoms with Crippen molar-refractivity contribution in [3.8, 4) is 0 Å². The number of piperidine rings is 1. The molecule has 2 N–H and O–H groups in total. The predicted molar refractivity (Wildman–Crippen MR) is 117 cm³/mol. The number of nitrogens with zero attached hydrogens (tertiary/aromatic N) is 1. The fourth-order valence-electron chi connectivity index (χ4n) is 3.93. The van der Waals surface area contributed by atoms with E-state index >= 15 is 0 Å². The zero-order valence-corrected chi connectivity index (χ0v) is 18.4. The lowest BCUT2D eigenvalue weighted by atomic mass is 9.80. The summed E-state index contributed by atoms with van der Waals surface area (Å²) in [5.41, 5.74) is 2.14. The number of carbonyl (C=O) groups is 1. The van der Waals surface area contributed by atoms with Crippen molar-refractivity contribution in [3.63, 3.8) is 0 Å². The SMILES string of the molecule is CN(C(=O)C1CC1)C1(c2ccccc2)CCNCC1.Cc1ccc(S(=O)(=O)O)cc1. The molecule has 0 aromatic heterocycles. The van der Waals surface area contributed by atoms with E-state index in [4.69, 9.17) is 4.55 Å². The third-order valence-electron chi connectivity index (χ3n) is 5.96. The van der Waals surface area contributed by atoms with E-state index < -0.39 is 10.1 Å².